The number of halogens is 2. The van der Waals surface area contributed by atoms with E-state index in [0.717, 1.165) is 36.6 Å². The Bertz CT molecular complexity index is 745. The molecule has 1 heterocycles. The van der Waals surface area contributed by atoms with Gasteiger partial charge in [-0.2, -0.15) is 0 Å². The number of piperidine rings is 1. The number of para-hydroxylation sites is 2. The number of anilines is 3. The average molecular weight is 345 g/mol. The number of carbonyl (C=O) groups excluding carboxylic acids is 1. The molecule has 2 aromatic rings. The third kappa shape index (κ3) is 4.47. The minimum absolute atomic E-state index is 0.0455. The molecule has 1 saturated heterocycles. The molecule has 132 valence electrons. The van der Waals surface area contributed by atoms with Gasteiger partial charge in [-0.15, -0.1) is 0 Å². The van der Waals surface area contributed by atoms with E-state index in [0.29, 0.717) is 0 Å². The average Bonchev–Trinajstić information content (AvgIpc) is 2.64. The summed E-state index contributed by atoms with van der Waals surface area (Å²) in [5.74, 6) is -2.24. The molecular weight excluding hydrogens is 324 g/mol. The van der Waals surface area contributed by atoms with Crippen LogP contribution in [0, 0.1) is 11.6 Å². The predicted octanol–water partition coefficient (Wildman–Crippen LogP) is 4.01. The van der Waals surface area contributed by atoms with E-state index in [9.17, 15) is 13.6 Å². The number of benzene rings is 2. The number of hydrogen-bond acceptors (Lipinski definition) is 3. The lowest BCUT2D eigenvalue weighted by Gasteiger charge is -2.30. The van der Waals surface area contributed by atoms with E-state index >= 15 is 0 Å². The molecule has 1 fully saturated rings. The highest BCUT2D eigenvalue weighted by atomic mass is 19.2. The van der Waals surface area contributed by atoms with Crippen LogP contribution in [0.5, 0.6) is 0 Å². The first-order valence-electron chi connectivity index (χ1n) is 8.46. The number of nitrogens with one attached hydrogen (secondary N) is 2. The van der Waals surface area contributed by atoms with Gasteiger partial charge < -0.3 is 15.5 Å². The molecule has 2 aromatic carbocycles. The Hall–Kier alpha value is -2.63. The van der Waals surface area contributed by atoms with Crippen LogP contribution in [0.25, 0.3) is 0 Å². The van der Waals surface area contributed by atoms with Crippen molar-refractivity contribution in [2.45, 2.75) is 19.3 Å². The lowest BCUT2D eigenvalue weighted by Crippen LogP contribution is -2.30. The Morgan fingerprint density at radius 1 is 1.00 bits per heavy atom. The summed E-state index contributed by atoms with van der Waals surface area (Å²) in [7, 11) is 0. The second kappa shape index (κ2) is 7.96. The van der Waals surface area contributed by atoms with Crippen molar-refractivity contribution in [2.24, 2.45) is 0 Å². The van der Waals surface area contributed by atoms with Crippen LogP contribution in [0.1, 0.15) is 19.3 Å². The highest BCUT2D eigenvalue weighted by molar-refractivity contribution is 5.94. The van der Waals surface area contributed by atoms with Gasteiger partial charge in [0, 0.05) is 24.8 Å². The van der Waals surface area contributed by atoms with E-state index in [1.807, 2.05) is 24.3 Å². The number of hydrogen-bond donors (Lipinski definition) is 2. The van der Waals surface area contributed by atoms with Gasteiger partial charge in [-0.3, -0.25) is 4.79 Å². The molecule has 0 atom stereocenters. The lowest BCUT2D eigenvalue weighted by atomic mass is 10.1. The summed E-state index contributed by atoms with van der Waals surface area (Å²) in [4.78, 5) is 14.4. The molecule has 0 aromatic heterocycles. The molecule has 0 bridgehead atoms. The quantitative estimate of drug-likeness (QED) is 0.861. The second-order valence-corrected chi connectivity index (χ2v) is 6.10. The zero-order valence-electron chi connectivity index (χ0n) is 13.9. The molecule has 25 heavy (non-hydrogen) atoms. The fraction of sp³-hybridized carbons (Fsp3) is 0.316. The molecule has 1 amide bonds. The minimum Gasteiger partial charge on any atom is -0.374 e. The highest BCUT2D eigenvalue weighted by Gasteiger charge is 2.14. The Morgan fingerprint density at radius 3 is 2.52 bits per heavy atom. The molecule has 0 spiro atoms. The molecule has 2 N–H and O–H groups in total. The van der Waals surface area contributed by atoms with Gasteiger partial charge in [-0.1, -0.05) is 12.1 Å². The number of rotatable bonds is 5. The van der Waals surface area contributed by atoms with E-state index in [4.69, 9.17) is 0 Å². The smallest absolute Gasteiger partial charge is 0.243 e. The summed E-state index contributed by atoms with van der Waals surface area (Å²) in [5.41, 5.74) is 2.21. The van der Waals surface area contributed by atoms with E-state index in [2.05, 4.69) is 15.5 Å². The zero-order valence-corrected chi connectivity index (χ0v) is 13.9. The van der Waals surface area contributed by atoms with Gasteiger partial charge in [0.2, 0.25) is 5.91 Å². The largest absolute Gasteiger partial charge is 0.374 e. The Morgan fingerprint density at radius 2 is 1.76 bits per heavy atom. The van der Waals surface area contributed by atoms with Gasteiger partial charge in [0.05, 0.1) is 17.9 Å². The van der Waals surface area contributed by atoms with Crippen LogP contribution in [-0.4, -0.2) is 25.5 Å². The van der Waals surface area contributed by atoms with Gasteiger partial charge in [-0.25, -0.2) is 8.78 Å². The first kappa shape index (κ1) is 17.2. The fourth-order valence-electron chi connectivity index (χ4n) is 2.99. The molecule has 0 saturated carbocycles. The summed E-state index contributed by atoms with van der Waals surface area (Å²) in [6.07, 6.45) is 3.60. The van der Waals surface area contributed by atoms with Gasteiger partial charge >= 0.3 is 0 Å². The Labute approximate surface area is 145 Å². The normalized spacial score (nSPS) is 14.2. The van der Waals surface area contributed by atoms with Crippen molar-refractivity contribution in [1.29, 1.82) is 0 Å². The summed E-state index contributed by atoms with van der Waals surface area (Å²) in [6.45, 7) is 2.07. The summed E-state index contributed by atoms with van der Waals surface area (Å²) < 4.78 is 26.1. The maximum atomic E-state index is 13.2. The second-order valence-electron chi connectivity index (χ2n) is 6.10. The van der Waals surface area contributed by atoms with Crippen molar-refractivity contribution in [2.75, 3.05) is 35.2 Å². The number of nitrogens with zero attached hydrogens (tertiary/aromatic N) is 1. The molecule has 0 unspecified atom stereocenters. The summed E-state index contributed by atoms with van der Waals surface area (Å²) >= 11 is 0. The van der Waals surface area contributed by atoms with Crippen LogP contribution in [0.15, 0.2) is 42.5 Å². The molecular formula is C19H21F2N3O. The standard InChI is InChI=1S/C19H21F2N3O/c20-15-9-8-14(12-16(15)21)23-19(25)13-22-17-6-2-3-7-18(17)24-10-4-1-5-11-24/h2-3,6-9,12,22H,1,4-5,10-11,13H2,(H,23,25). The monoisotopic (exact) mass is 345 g/mol. The van der Waals surface area contributed by atoms with Crippen molar-refractivity contribution >= 4 is 23.0 Å². The topological polar surface area (TPSA) is 44.4 Å². The van der Waals surface area contributed by atoms with Crippen LogP contribution in [0.4, 0.5) is 25.8 Å². The van der Waals surface area contributed by atoms with Crippen molar-refractivity contribution < 1.29 is 13.6 Å². The van der Waals surface area contributed by atoms with E-state index in [1.165, 1.54) is 25.3 Å². The Kier molecular flexibility index (Phi) is 5.48. The first-order valence-corrected chi connectivity index (χ1v) is 8.46. The fourth-order valence-corrected chi connectivity index (χ4v) is 2.99. The molecule has 1 aliphatic heterocycles. The van der Waals surface area contributed by atoms with Gasteiger partial charge in [-0.05, 0) is 43.5 Å². The highest BCUT2D eigenvalue weighted by Crippen LogP contribution is 2.28. The van der Waals surface area contributed by atoms with Crippen molar-refractivity contribution in [3.8, 4) is 0 Å². The van der Waals surface area contributed by atoms with Crippen LogP contribution in [0.2, 0.25) is 0 Å². The van der Waals surface area contributed by atoms with E-state index in [-0.39, 0.29) is 18.1 Å². The van der Waals surface area contributed by atoms with Gasteiger partial charge in [0.1, 0.15) is 0 Å². The third-order valence-corrected chi connectivity index (χ3v) is 4.24. The first-order chi connectivity index (χ1) is 12.1. The maximum absolute atomic E-state index is 13.2. The van der Waals surface area contributed by atoms with Crippen molar-refractivity contribution in [3.63, 3.8) is 0 Å². The summed E-state index contributed by atoms with van der Waals surface area (Å²) in [5, 5.41) is 5.69. The van der Waals surface area contributed by atoms with Gasteiger partial charge in [0.15, 0.2) is 11.6 Å². The predicted molar refractivity (Wildman–Crippen MR) is 96.0 cm³/mol. The summed E-state index contributed by atoms with van der Waals surface area (Å²) in [6, 6.07) is 11.2. The zero-order chi connectivity index (χ0) is 17.6. The SMILES string of the molecule is O=C(CNc1ccccc1N1CCCCC1)Nc1ccc(F)c(F)c1. The number of amides is 1. The maximum Gasteiger partial charge on any atom is 0.243 e. The molecule has 6 heteroatoms. The van der Waals surface area contributed by atoms with Crippen molar-refractivity contribution in [1.82, 2.24) is 0 Å². The van der Waals surface area contributed by atoms with Crippen LogP contribution < -0.4 is 15.5 Å². The van der Waals surface area contributed by atoms with E-state index < -0.39 is 11.6 Å². The molecule has 3 rings (SSSR count). The Balaban J connectivity index is 1.61. The molecule has 4 nitrogen and oxygen atoms in total. The molecule has 0 radical (unpaired) electrons. The minimum atomic E-state index is -0.985. The molecule has 1 aliphatic rings. The van der Waals surface area contributed by atoms with Crippen molar-refractivity contribution in [3.05, 3.63) is 54.1 Å². The van der Waals surface area contributed by atoms with Crippen LogP contribution in [-0.2, 0) is 4.79 Å². The van der Waals surface area contributed by atoms with Crippen LogP contribution >= 0.6 is 0 Å². The molecule has 0 aliphatic carbocycles. The number of carbonyl (C=O) groups is 1. The van der Waals surface area contributed by atoms with E-state index in [1.54, 1.807) is 0 Å². The van der Waals surface area contributed by atoms with Gasteiger partial charge in [0.25, 0.3) is 0 Å². The van der Waals surface area contributed by atoms with Crippen LogP contribution in [0.3, 0.4) is 0 Å². The third-order valence-electron chi connectivity index (χ3n) is 4.24. The lowest BCUT2D eigenvalue weighted by molar-refractivity contribution is -0.114.